The number of amides is 1. The first-order valence-electron chi connectivity index (χ1n) is 10.4. The van der Waals surface area contributed by atoms with Gasteiger partial charge in [-0.1, -0.05) is 48.5 Å². The maximum atomic E-state index is 12.5. The summed E-state index contributed by atoms with van der Waals surface area (Å²) in [5.41, 5.74) is 1.99. The summed E-state index contributed by atoms with van der Waals surface area (Å²) >= 11 is 0. The number of carbonyl (C=O) groups is 1. The van der Waals surface area contributed by atoms with E-state index in [1.54, 1.807) is 6.33 Å². The number of nitrogens with zero attached hydrogens (tertiary/aromatic N) is 3. The fourth-order valence-electron chi connectivity index (χ4n) is 3.66. The van der Waals surface area contributed by atoms with Crippen LogP contribution in [0.1, 0.15) is 12.8 Å². The SMILES string of the molecule is O=C(NCCOc1ccccc1)C1CCN(c2cc(-c3ccccc3)ncn2)CC1. The van der Waals surface area contributed by atoms with E-state index in [-0.39, 0.29) is 11.8 Å². The van der Waals surface area contributed by atoms with Crippen LogP contribution < -0.4 is 15.0 Å². The van der Waals surface area contributed by atoms with Crippen LogP contribution >= 0.6 is 0 Å². The molecule has 2 heterocycles. The molecular formula is C24H26N4O2. The number of para-hydroxylation sites is 1. The van der Waals surface area contributed by atoms with E-state index in [0.29, 0.717) is 13.2 Å². The zero-order valence-electron chi connectivity index (χ0n) is 16.9. The molecule has 0 unspecified atom stereocenters. The van der Waals surface area contributed by atoms with Gasteiger partial charge in [0.25, 0.3) is 0 Å². The van der Waals surface area contributed by atoms with Crippen LogP contribution in [0.5, 0.6) is 5.75 Å². The Balaban J connectivity index is 1.24. The molecule has 1 N–H and O–H groups in total. The molecule has 154 valence electrons. The molecule has 6 nitrogen and oxygen atoms in total. The van der Waals surface area contributed by atoms with Crippen LogP contribution in [0.15, 0.2) is 73.1 Å². The first-order valence-corrected chi connectivity index (χ1v) is 10.4. The number of rotatable bonds is 7. The van der Waals surface area contributed by atoms with Crippen LogP contribution in [0.25, 0.3) is 11.3 Å². The highest BCUT2D eigenvalue weighted by atomic mass is 16.5. The number of benzene rings is 2. The third-order valence-electron chi connectivity index (χ3n) is 5.33. The lowest BCUT2D eigenvalue weighted by Crippen LogP contribution is -2.41. The van der Waals surface area contributed by atoms with E-state index in [1.165, 1.54) is 0 Å². The van der Waals surface area contributed by atoms with Gasteiger partial charge < -0.3 is 15.0 Å². The molecule has 1 aliphatic heterocycles. The molecule has 6 heteroatoms. The molecule has 3 aromatic rings. The molecule has 0 spiro atoms. The van der Waals surface area contributed by atoms with Crippen LogP contribution in [0.4, 0.5) is 5.82 Å². The molecule has 1 fully saturated rings. The van der Waals surface area contributed by atoms with Crippen LogP contribution in [-0.2, 0) is 4.79 Å². The summed E-state index contributed by atoms with van der Waals surface area (Å²) in [6, 6.07) is 21.8. The Morgan fingerprint density at radius 3 is 2.43 bits per heavy atom. The monoisotopic (exact) mass is 402 g/mol. The van der Waals surface area contributed by atoms with Gasteiger partial charge in [-0.2, -0.15) is 0 Å². The summed E-state index contributed by atoms with van der Waals surface area (Å²) in [5, 5.41) is 3.00. The molecule has 30 heavy (non-hydrogen) atoms. The quantitative estimate of drug-likeness (QED) is 0.612. The van der Waals surface area contributed by atoms with Gasteiger partial charge in [-0.15, -0.1) is 0 Å². The number of carbonyl (C=O) groups excluding carboxylic acids is 1. The molecule has 1 aliphatic rings. The van der Waals surface area contributed by atoms with Gasteiger partial charge in [0.15, 0.2) is 0 Å². The number of ether oxygens (including phenoxy) is 1. The summed E-state index contributed by atoms with van der Waals surface area (Å²) < 4.78 is 5.63. The molecule has 1 amide bonds. The third kappa shape index (κ3) is 5.14. The summed E-state index contributed by atoms with van der Waals surface area (Å²) in [5.74, 6) is 1.88. The average molecular weight is 402 g/mol. The number of hydrogen-bond acceptors (Lipinski definition) is 5. The van der Waals surface area contributed by atoms with Crippen molar-refractivity contribution in [2.45, 2.75) is 12.8 Å². The number of piperidine rings is 1. The Labute approximate surface area is 176 Å². The first-order chi connectivity index (χ1) is 14.8. The normalized spacial score (nSPS) is 14.3. The number of nitrogens with one attached hydrogen (secondary N) is 1. The summed E-state index contributed by atoms with van der Waals surface area (Å²) in [4.78, 5) is 23.6. The highest BCUT2D eigenvalue weighted by molar-refractivity contribution is 5.79. The van der Waals surface area contributed by atoms with Crippen molar-refractivity contribution in [3.8, 4) is 17.0 Å². The Morgan fingerprint density at radius 2 is 1.70 bits per heavy atom. The predicted octanol–water partition coefficient (Wildman–Crippen LogP) is 3.56. The minimum absolute atomic E-state index is 0.0356. The molecule has 1 saturated heterocycles. The highest BCUT2D eigenvalue weighted by Crippen LogP contribution is 2.25. The second-order valence-electron chi connectivity index (χ2n) is 7.34. The molecule has 1 aromatic heterocycles. The second kappa shape index (κ2) is 9.87. The van der Waals surface area contributed by atoms with Gasteiger partial charge in [0, 0.05) is 30.6 Å². The highest BCUT2D eigenvalue weighted by Gasteiger charge is 2.25. The zero-order chi connectivity index (χ0) is 20.6. The molecular weight excluding hydrogens is 376 g/mol. The van der Waals surface area contributed by atoms with E-state index in [2.05, 4.69) is 20.2 Å². The number of aromatic nitrogens is 2. The first kappa shape index (κ1) is 19.9. The fourth-order valence-corrected chi connectivity index (χ4v) is 3.66. The maximum absolute atomic E-state index is 12.5. The standard InChI is InChI=1S/C24H26N4O2/c29-24(25-13-16-30-21-9-5-2-6-10-21)20-11-14-28(15-12-20)23-17-22(26-18-27-23)19-7-3-1-4-8-19/h1-10,17-18,20H,11-16H2,(H,25,29). The van der Waals surface area contributed by atoms with Gasteiger partial charge in [-0.25, -0.2) is 9.97 Å². The molecule has 0 aliphatic carbocycles. The van der Waals surface area contributed by atoms with Gasteiger partial charge >= 0.3 is 0 Å². The molecule has 4 rings (SSSR count). The summed E-state index contributed by atoms with van der Waals surface area (Å²) in [6.07, 6.45) is 3.25. The lowest BCUT2D eigenvalue weighted by atomic mass is 9.96. The Kier molecular flexibility index (Phi) is 6.54. The fraction of sp³-hybridized carbons (Fsp3) is 0.292. The van der Waals surface area contributed by atoms with Crippen molar-refractivity contribution >= 4 is 11.7 Å². The van der Waals surface area contributed by atoms with Crippen molar-refractivity contribution in [3.05, 3.63) is 73.1 Å². The Morgan fingerprint density at radius 1 is 1.00 bits per heavy atom. The van der Waals surface area contributed by atoms with Crippen molar-refractivity contribution in [3.63, 3.8) is 0 Å². The summed E-state index contributed by atoms with van der Waals surface area (Å²) in [7, 11) is 0. The van der Waals surface area contributed by atoms with E-state index in [1.807, 2.05) is 66.7 Å². The van der Waals surface area contributed by atoms with Crippen LogP contribution in [0.2, 0.25) is 0 Å². The Bertz CT molecular complexity index is 942. The lowest BCUT2D eigenvalue weighted by Gasteiger charge is -2.32. The van der Waals surface area contributed by atoms with Gasteiger partial charge in [0.05, 0.1) is 12.2 Å². The van der Waals surface area contributed by atoms with Gasteiger partial charge in [-0.3, -0.25) is 4.79 Å². The number of hydrogen-bond donors (Lipinski definition) is 1. The van der Waals surface area contributed by atoms with Crippen molar-refractivity contribution in [1.82, 2.24) is 15.3 Å². The summed E-state index contributed by atoms with van der Waals surface area (Å²) in [6.45, 7) is 2.60. The second-order valence-corrected chi connectivity index (χ2v) is 7.34. The molecule has 0 bridgehead atoms. The van der Waals surface area contributed by atoms with Crippen LogP contribution in [0, 0.1) is 5.92 Å². The minimum atomic E-state index is 0.0356. The molecule has 2 aromatic carbocycles. The van der Waals surface area contributed by atoms with E-state index < -0.39 is 0 Å². The topological polar surface area (TPSA) is 67.3 Å². The smallest absolute Gasteiger partial charge is 0.223 e. The largest absolute Gasteiger partial charge is 0.492 e. The Hall–Kier alpha value is -3.41. The lowest BCUT2D eigenvalue weighted by molar-refractivity contribution is -0.125. The van der Waals surface area contributed by atoms with Crippen molar-refractivity contribution < 1.29 is 9.53 Å². The van der Waals surface area contributed by atoms with Crippen LogP contribution in [-0.4, -0.2) is 42.1 Å². The van der Waals surface area contributed by atoms with E-state index in [4.69, 9.17) is 4.74 Å². The van der Waals surface area contributed by atoms with Crippen molar-refractivity contribution in [1.29, 1.82) is 0 Å². The maximum Gasteiger partial charge on any atom is 0.223 e. The van der Waals surface area contributed by atoms with Gasteiger partial charge in [0.1, 0.15) is 24.5 Å². The van der Waals surface area contributed by atoms with Crippen LogP contribution in [0.3, 0.4) is 0 Å². The zero-order valence-corrected chi connectivity index (χ0v) is 16.9. The molecule has 0 saturated carbocycles. The average Bonchev–Trinajstić information content (AvgIpc) is 2.83. The third-order valence-corrected chi connectivity index (χ3v) is 5.33. The van der Waals surface area contributed by atoms with Gasteiger partial charge in [-0.05, 0) is 25.0 Å². The van der Waals surface area contributed by atoms with Gasteiger partial charge in [0.2, 0.25) is 5.91 Å². The molecule has 0 radical (unpaired) electrons. The van der Waals surface area contributed by atoms with E-state index in [0.717, 1.165) is 48.8 Å². The molecule has 0 atom stereocenters. The van der Waals surface area contributed by atoms with E-state index >= 15 is 0 Å². The minimum Gasteiger partial charge on any atom is -0.492 e. The predicted molar refractivity (Wildman–Crippen MR) is 117 cm³/mol. The van der Waals surface area contributed by atoms with Crippen molar-refractivity contribution in [2.75, 3.05) is 31.1 Å². The van der Waals surface area contributed by atoms with Crippen molar-refractivity contribution in [2.24, 2.45) is 5.92 Å². The number of anilines is 1. The van der Waals surface area contributed by atoms with E-state index in [9.17, 15) is 4.79 Å².